The fourth-order valence-electron chi connectivity index (χ4n) is 4.22. The van der Waals surface area contributed by atoms with Crippen LogP contribution in [0.4, 0.5) is 0 Å². The van der Waals surface area contributed by atoms with E-state index in [1.54, 1.807) is 6.92 Å². The molecule has 6 nitrogen and oxygen atoms in total. The first-order valence-corrected chi connectivity index (χ1v) is 14.1. The maximum Gasteiger partial charge on any atom is 0.293 e. The van der Waals surface area contributed by atoms with Crippen molar-refractivity contribution in [3.8, 4) is 0 Å². The zero-order chi connectivity index (χ0) is 24.3. The maximum absolute atomic E-state index is 12.6. The molecule has 190 valence electrons. The molecule has 0 radical (unpaired) electrons. The molecule has 0 aliphatic carbocycles. The molecule has 0 aromatic heterocycles. The molecule has 1 aliphatic heterocycles. The Labute approximate surface area is 204 Å². The quantitative estimate of drug-likeness (QED) is 0.111. The van der Waals surface area contributed by atoms with Crippen LogP contribution >= 0.6 is 11.8 Å². The number of nitrogens with zero attached hydrogens (tertiary/aromatic N) is 1. The molecule has 0 spiro atoms. The molecule has 1 rings (SSSR count). The molecular weight excluding hydrogens is 438 g/mol. The molecule has 0 bridgehead atoms. The second-order valence-electron chi connectivity index (χ2n) is 9.19. The van der Waals surface area contributed by atoms with E-state index in [1.165, 1.54) is 68.0 Å². The SMILES string of the molecule is CC[C@@H](CSC1CC(=O)N(CCCCCCCCCCCCCCCOC=O)C1=O)C(C)=O. The Bertz CT molecular complexity index is 583. The van der Waals surface area contributed by atoms with E-state index < -0.39 is 0 Å². The van der Waals surface area contributed by atoms with Gasteiger partial charge in [0.15, 0.2) is 0 Å². The zero-order valence-electron chi connectivity index (χ0n) is 20.9. The van der Waals surface area contributed by atoms with E-state index >= 15 is 0 Å². The van der Waals surface area contributed by atoms with Gasteiger partial charge in [0.05, 0.1) is 11.9 Å². The molecule has 33 heavy (non-hydrogen) atoms. The number of hydrogen-bond acceptors (Lipinski definition) is 6. The lowest BCUT2D eigenvalue weighted by molar-refractivity contribution is -0.138. The molecule has 0 N–H and O–H groups in total. The number of ketones is 1. The summed E-state index contributed by atoms with van der Waals surface area (Å²) in [6.45, 7) is 5.20. The molecule has 1 heterocycles. The standard InChI is InChI=1S/C26H45NO5S/c1-3-23(22(2)29)20-33-24-19-25(30)27(26(24)31)17-15-13-11-9-7-5-4-6-8-10-12-14-16-18-32-21-28/h21,23-24H,3-20H2,1-2H3/t23-,24?/m0/s1. The maximum atomic E-state index is 12.6. The Hall–Kier alpha value is -1.37. The van der Waals surface area contributed by atoms with Crippen molar-refractivity contribution in [2.45, 2.75) is 115 Å². The van der Waals surface area contributed by atoms with Crippen LogP contribution in [-0.2, 0) is 23.9 Å². The van der Waals surface area contributed by atoms with Crippen molar-refractivity contribution >= 4 is 35.8 Å². The number of imide groups is 1. The van der Waals surface area contributed by atoms with E-state index in [2.05, 4.69) is 4.74 Å². The van der Waals surface area contributed by atoms with Gasteiger partial charge in [-0.3, -0.25) is 24.1 Å². The van der Waals surface area contributed by atoms with Crippen molar-refractivity contribution in [1.82, 2.24) is 4.90 Å². The zero-order valence-corrected chi connectivity index (χ0v) is 21.7. The van der Waals surface area contributed by atoms with Crippen molar-refractivity contribution < 1.29 is 23.9 Å². The van der Waals surface area contributed by atoms with Crippen LogP contribution in [0, 0.1) is 5.92 Å². The lowest BCUT2D eigenvalue weighted by atomic mass is 10.0. The summed E-state index contributed by atoms with van der Waals surface area (Å²) in [5.74, 6) is 0.655. The first-order chi connectivity index (χ1) is 16.0. The molecule has 1 fully saturated rings. The van der Waals surface area contributed by atoms with Crippen LogP contribution in [0.5, 0.6) is 0 Å². The molecular formula is C26H45NO5S. The Balaban J connectivity index is 1.98. The van der Waals surface area contributed by atoms with Crippen LogP contribution in [0.1, 0.15) is 110 Å². The fourth-order valence-corrected chi connectivity index (χ4v) is 5.69. The average molecular weight is 484 g/mol. The summed E-state index contributed by atoms with van der Waals surface area (Å²) in [6, 6.07) is 0. The number of likely N-dealkylation sites (tertiary alicyclic amines) is 1. The summed E-state index contributed by atoms with van der Waals surface area (Å²) in [4.78, 5) is 47.9. The lowest BCUT2D eigenvalue weighted by Gasteiger charge is -2.16. The number of hydrogen-bond donors (Lipinski definition) is 0. The van der Waals surface area contributed by atoms with Gasteiger partial charge in [0, 0.05) is 24.6 Å². The minimum absolute atomic E-state index is 0.0209. The highest BCUT2D eigenvalue weighted by Gasteiger charge is 2.38. The Morgan fingerprint density at radius 3 is 1.97 bits per heavy atom. The van der Waals surface area contributed by atoms with Gasteiger partial charge >= 0.3 is 0 Å². The Morgan fingerprint density at radius 2 is 1.48 bits per heavy atom. The number of thioether (sulfide) groups is 1. The van der Waals surface area contributed by atoms with Gasteiger partial charge in [-0.05, 0) is 26.2 Å². The van der Waals surface area contributed by atoms with Gasteiger partial charge in [0.1, 0.15) is 5.78 Å². The van der Waals surface area contributed by atoms with E-state index in [0.717, 1.165) is 38.5 Å². The third-order valence-corrected chi connectivity index (χ3v) is 7.85. The fraction of sp³-hybridized carbons (Fsp3) is 0.846. The molecule has 1 saturated heterocycles. The van der Waals surface area contributed by atoms with Gasteiger partial charge < -0.3 is 4.74 Å². The van der Waals surface area contributed by atoms with Gasteiger partial charge in [-0.25, -0.2) is 0 Å². The largest absolute Gasteiger partial charge is 0.468 e. The van der Waals surface area contributed by atoms with Crippen molar-refractivity contribution in [3.63, 3.8) is 0 Å². The molecule has 0 saturated carbocycles. The van der Waals surface area contributed by atoms with Gasteiger partial charge in [-0.2, -0.15) is 0 Å². The lowest BCUT2D eigenvalue weighted by Crippen LogP contribution is -2.32. The molecule has 1 aliphatic rings. The average Bonchev–Trinajstić information content (AvgIpc) is 3.06. The summed E-state index contributed by atoms with van der Waals surface area (Å²) in [5, 5.41) is -0.303. The Morgan fingerprint density at radius 1 is 0.970 bits per heavy atom. The summed E-state index contributed by atoms with van der Waals surface area (Å²) in [5.41, 5.74) is 0. The number of carbonyl (C=O) groups is 4. The van der Waals surface area contributed by atoms with Gasteiger partial charge in [0.25, 0.3) is 6.47 Å². The summed E-state index contributed by atoms with van der Waals surface area (Å²) in [6.07, 6.45) is 16.4. The van der Waals surface area contributed by atoms with Crippen molar-refractivity contribution in [3.05, 3.63) is 0 Å². The summed E-state index contributed by atoms with van der Waals surface area (Å²) < 4.78 is 4.68. The number of ether oxygens (including phenoxy) is 1. The van der Waals surface area contributed by atoms with Crippen LogP contribution in [0.3, 0.4) is 0 Å². The van der Waals surface area contributed by atoms with Crippen LogP contribution in [0.2, 0.25) is 0 Å². The van der Waals surface area contributed by atoms with E-state index in [4.69, 9.17) is 0 Å². The normalized spacial score (nSPS) is 16.9. The van der Waals surface area contributed by atoms with E-state index in [0.29, 0.717) is 25.4 Å². The number of Topliss-reactive ketones (excluding diaryl/α,β-unsaturated/α-hetero) is 1. The summed E-state index contributed by atoms with van der Waals surface area (Å²) >= 11 is 1.48. The van der Waals surface area contributed by atoms with E-state index in [1.807, 2.05) is 6.92 Å². The van der Waals surface area contributed by atoms with Crippen molar-refractivity contribution in [1.29, 1.82) is 0 Å². The summed E-state index contributed by atoms with van der Waals surface area (Å²) in [7, 11) is 0. The highest BCUT2D eigenvalue weighted by atomic mass is 32.2. The minimum atomic E-state index is -0.303. The third kappa shape index (κ3) is 13.2. The molecule has 7 heteroatoms. The highest BCUT2D eigenvalue weighted by molar-refractivity contribution is 8.00. The van der Waals surface area contributed by atoms with Crippen molar-refractivity contribution in [2.24, 2.45) is 5.92 Å². The number of amides is 2. The highest BCUT2D eigenvalue weighted by Crippen LogP contribution is 2.28. The number of unbranched alkanes of at least 4 members (excludes halogenated alkanes) is 12. The van der Waals surface area contributed by atoms with Crippen LogP contribution in [0.25, 0.3) is 0 Å². The van der Waals surface area contributed by atoms with Gasteiger partial charge in [-0.15, -0.1) is 11.8 Å². The number of rotatable bonds is 22. The molecule has 0 aromatic rings. The molecule has 2 atom stereocenters. The van der Waals surface area contributed by atoms with Crippen LogP contribution in [0.15, 0.2) is 0 Å². The second kappa shape index (κ2) is 19.0. The van der Waals surface area contributed by atoms with Crippen LogP contribution in [-0.4, -0.2) is 53.1 Å². The smallest absolute Gasteiger partial charge is 0.293 e. The van der Waals surface area contributed by atoms with Gasteiger partial charge in [0.2, 0.25) is 11.8 Å². The number of carbonyl (C=O) groups excluding carboxylic acids is 4. The first kappa shape index (κ1) is 29.7. The van der Waals surface area contributed by atoms with Crippen molar-refractivity contribution in [2.75, 3.05) is 18.9 Å². The second-order valence-corrected chi connectivity index (χ2v) is 10.4. The predicted octanol–water partition coefficient (Wildman–Crippen LogP) is 5.71. The molecule has 0 aromatic carbocycles. The van der Waals surface area contributed by atoms with Crippen LogP contribution < -0.4 is 0 Å². The topological polar surface area (TPSA) is 80.8 Å². The van der Waals surface area contributed by atoms with E-state index in [-0.39, 0.29) is 35.2 Å². The van der Waals surface area contributed by atoms with Gasteiger partial charge in [-0.1, -0.05) is 77.6 Å². The minimum Gasteiger partial charge on any atom is -0.468 e. The molecule has 1 unspecified atom stereocenters. The first-order valence-electron chi connectivity index (χ1n) is 13.0. The third-order valence-electron chi connectivity index (χ3n) is 6.48. The molecule has 2 amide bonds. The Kier molecular flexibility index (Phi) is 17.1. The monoisotopic (exact) mass is 483 g/mol. The van der Waals surface area contributed by atoms with E-state index in [9.17, 15) is 19.2 Å². The predicted molar refractivity (Wildman–Crippen MR) is 134 cm³/mol.